The van der Waals surface area contributed by atoms with Gasteiger partial charge in [0.05, 0.1) is 0 Å². The first kappa shape index (κ1) is 8.32. The molecule has 0 aromatic carbocycles. The zero-order chi connectivity index (χ0) is 9.22. The summed E-state index contributed by atoms with van der Waals surface area (Å²) in [7, 11) is 0. The van der Waals surface area contributed by atoms with Gasteiger partial charge < -0.3 is 0 Å². The third-order valence-corrected chi connectivity index (χ3v) is 5.89. The quantitative estimate of drug-likeness (QED) is 0.530. The lowest BCUT2D eigenvalue weighted by atomic mass is 9.43. The van der Waals surface area contributed by atoms with E-state index in [4.69, 9.17) is 0 Å². The Hall–Kier alpha value is 0. The van der Waals surface area contributed by atoms with Crippen molar-refractivity contribution in [2.75, 3.05) is 0 Å². The molecule has 0 amide bonds. The third kappa shape index (κ3) is 0.926. The van der Waals surface area contributed by atoms with Gasteiger partial charge in [-0.2, -0.15) is 0 Å². The molecule has 13 heavy (non-hydrogen) atoms. The van der Waals surface area contributed by atoms with Crippen molar-refractivity contribution in [1.82, 2.24) is 0 Å². The Morgan fingerprint density at radius 1 is 1.08 bits per heavy atom. The molecule has 4 rings (SSSR count). The van der Waals surface area contributed by atoms with E-state index in [1.807, 2.05) is 0 Å². The lowest BCUT2D eigenvalue weighted by Gasteiger charge is -2.62. The molecule has 0 nitrogen and oxygen atoms in total. The monoisotopic (exact) mass is 178 g/mol. The lowest BCUT2D eigenvalue weighted by Crippen LogP contribution is -2.54. The van der Waals surface area contributed by atoms with E-state index in [0.29, 0.717) is 0 Å². The standard InChI is InChI=1S/C13H22/c1-8-11-4-10-5-12(8)9(2)13(3,6-10)7-11/h8-12H,4-7H2,1-3H3. The highest BCUT2D eigenvalue weighted by Gasteiger charge is 2.55. The number of rotatable bonds is 0. The molecule has 4 saturated carbocycles. The van der Waals surface area contributed by atoms with Gasteiger partial charge >= 0.3 is 0 Å². The molecule has 6 atom stereocenters. The minimum absolute atomic E-state index is 0.739. The Labute approximate surface area is 82.1 Å². The van der Waals surface area contributed by atoms with Crippen LogP contribution in [0, 0.1) is 35.0 Å². The Bertz CT molecular complexity index is 232. The minimum atomic E-state index is 0.739. The fraction of sp³-hybridized carbons (Fsp3) is 1.00. The predicted molar refractivity (Wildman–Crippen MR) is 55.4 cm³/mol. The van der Waals surface area contributed by atoms with E-state index in [1.165, 1.54) is 0 Å². The summed E-state index contributed by atoms with van der Waals surface area (Å²) in [4.78, 5) is 0. The minimum Gasteiger partial charge on any atom is -0.0620 e. The summed E-state index contributed by atoms with van der Waals surface area (Å²) in [5, 5.41) is 0. The highest BCUT2D eigenvalue weighted by molar-refractivity contribution is 5.05. The van der Waals surface area contributed by atoms with Crippen LogP contribution >= 0.6 is 0 Å². The van der Waals surface area contributed by atoms with Gasteiger partial charge in [-0.3, -0.25) is 0 Å². The second-order valence-corrected chi connectivity index (χ2v) is 6.47. The van der Waals surface area contributed by atoms with Gasteiger partial charge in [-0.25, -0.2) is 0 Å². The van der Waals surface area contributed by atoms with Gasteiger partial charge in [-0.05, 0) is 60.7 Å². The van der Waals surface area contributed by atoms with E-state index in [-0.39, 0.29) is 0 Å². The molecule has 74 valence electrons. The van der Waals surface area contributed by atoms with Gasteiger partial charge in [0, 0.05) is 0 Å². The summed E-state index contributed by atoms with van der Waals surface area (Å²) in [6.07, 6.45) is 6.23. The highest BCUT2D eigenvalue weighted by atomic mass is 14.6. The maximum absolute atomic E-state index is 2.56. The Morgan fingerprint density at radius 3 is 2.62 bits per heavy atom. The summed E-state index contributed by atoms with van der Waals surface area (Å²) in [5.74, 6) is 5.34. The average molecular weight is 178 g/mol. The number of hydrogen-bond donors (Lipinski definition) is 0. The fourth-order valence-corrected chi connectivity index (χ4v) is 5.01. The molecular formula is C13H22. The summed E-state index contributed by atoms with van der Waals surface area (Å²) >= 11 is 0. The van der Waals surface area contributed by atoms with Gasteiger partial charge in [-0.15, -0.1) is 0 Å². The average Bonchev–Trinajstić information content (AvgIpc) is 2.07. The molecule has 4 aliphatic carbocycles. The summed E-state index contributed by atoms with van der Waals surface area (Å²) in [6.45, 7) is 7.61. The summed E-state index contributed by atoms with van der Waals surface area (Å²) < 4.78 is 0. The van der Waals surface area contributed by atoms with Crippen molar-refractivity contribution in [2.45, 2.75) is 46.5 Å². The maximum Gasteiger partial charge on any atom is -0.0292 e. The van der Waals surface area contributed by atoms with Crippen LogP contribution < -0.4 is 0 Å². The van der Waals surface area contributed by atoms with Crippen LogP contribution in [0.4, 0.5) is 0 Å². The molecular weight excluding hydrogens is 156 g/mol. The molecule has 0 heteroatoms. The van der Waals surface area contributed by atoms with Gasteiger partial charge in [-0.1, -0.05) is 20.8 Å². The van der Waals surface area contributed by atoms with Gasteiger partial charge in [0.2, 0.25) is 0 Å². The Balaban J connectivity index is 1.99. The Kier molecular flexibility index (Phi) is 1.49. The molecule has 4 aliphatic rings. The van der Waals surface area contributed by atoms with Gasteiger partial charge in [0.1, 0.15) is 0 Å². The van der Waals surface area contributed by atoms with Crippen LogP contribution in [0.2, 0.25) is 0 Å². The molecule has 0 aromatic rings. The first-order chi connectivity index (χ1) is 6.10. The predicted octanol–water partition coefficient (Wildman–Crippen LogP) is 3.71. The zero-order valence-electron chi connectivity index (χ0n) is 9.22. The van der Waals surface area contributed by atoms with Crippen LogP contribution in [0.1, 0.15) is 46.5 Å². The number of hydrogen-bond acceptors (Lipinski definition) is 0. The molecule has 4 bridgehead atoms. The highest BCUT2D eigenvalue weighted by Crippen LogP contribution is 2.64. The molecule has 0 saturated heterocycles. The van der Waals surface area contributed by atoms with Gasteiger partial charge in [0.25, 0.3) is 0 Å². The second kappa shape index (κ2) is 2.32. The zero-order valence-corrected chi connectivity index (χ0v) is 9.22. The van der Waals surface area contributed by atoms with Crippen LogP contribution in [0.5, 0.6) is 0 Å². The van der Waals surface area contributed by atoms with E-state index < -0.39 is 0 Å². The van der Waals surface area contributed by atoms with E-state index in [1.54, 1.807) is 25.7 Å². The SMILES string of the molecule is CC1C2CC3CC1C(C)C(C)(C3)C2. The first-order valence-electron chi connectivity index (χ1n) is 6.10. The molecule has 0 aromatic heterocycles. The van der Waals surface area contributed by atoms with Crippen molar-refractivity contribution in [3.63, 3.8) is 0 Å². The largest absolute Gasteiger partial charge is 0.0620 e. The van der Waals surface area contributed by atoms with E-state index in [0.717, 1.165) is 35.0 Å². The van der Waals surface area contributed by atoms with E-state index >= 15 is 0 Å². The molecule has 0 heterocycles. The van der Waals surface area contributed by atoms with Crippen LogP contribution in [-0.2, 0) is 0 Å². The van der Waals surface area contributed by atoms with E-state index in [9.17, 15) is 0 Å². The summed E-state index contributed by atoms with van der Waals surface area (Å²) in [5.41, 5.74) is 0.739. The first-order valence-corrected chi connectivity index (χ1v) is 6.10. The smallest absolute Gasteiger partial charge is 0.0292 e. The van der Waals surface area contributed by atoms with Crippen molar-refractivity contribution in [3.05, 3.63) is 0 Å². The van der Waals surface area contributed by atoms with Crippen molar-refractivity contribution >= 4 is 0 Å². The van der Waals surface area contributed by atoms with Crippen molar-refractivity contribution in [1.29, 1.82) is 0 Å². The molecule has 4 fully saturated rings. The fourth-order valence-electron chi connectivity index (χ4n) is 5.01. The third-order valence-electron chi connectivity index (χ3n) is 5.89. The normalized spacial score (nSPS) is 64.4. The molecule has 0 N–H and O–H groups in total. The van der Waals surface area contributed by atoms with Crippen LogP contribution in [0.25, 0.3) is 0 Å². The summed E-state index contributed by atoms with van der Waals surface area (Å²) in [6, 6.07) is 0. The van der Waals surface area contributed by atoms with Crippen molar-refractivity contribution in [3.8, 4) is 0 Å². The topological polar surface area (TPSA) is 0 Å². The van der Waals surface area contributed by atoms with Crippen molar-refractivity contribution < 1.29 is 0 Å². The Morgan fingerprint density at radius 2 is 1.85 bits per heavy atom. The van der Waals surface area contributed by atoms with Crippen LogP contribution in [0.3, 0.4) is 0 Å². The van der Waals surface area contributed by atoms with Crippen LogP contribution in [0.15, 0.2) is 0 Å². The van der Waals surface area contributed by atoms with Crippen LogP contribution in [-0.4, -0.2) is 0 Å². The van der Waals surface area contributed by atoms with Crippen molar-refractivity contribution in [2.24, 2.45) is 35.0 Å². The molecule has 0 spiro atoms. The van der Waals surface area contributed by atoms with E-state index in [2.05, 4.69) is 20.8 Å². The molecule has 6 unspecified atom stereocenters. The van der Waals surface area contributed by atoms with Gasteiger partial charge in [0.15, 0.2) is 0 Å². The molecule has 0 aliphatic heterocycles. The maximum atomic E-state index is 2.56. The second-order valence-electron chi connectivity index (χ2n) is 6.47. The lowest BCUT2D eigenvalue weighted by molar-refractivity contribution is -0.125. The molecule has 0 radical (unpaired) electrons.